The van der Waals surface area contributed by atoms with Crippen LogP contribution >= 0.6 is 0 Å². The average Bonchev–Trinajstić information content (AvgIpc) is 2.33. The van der Waals surface area contributed by atoms with E-state index in [1.807, 2.05) is 0 Å². The Morgan fingerprint density at radius 2 is 2.18 bits per heavy atom. The van der Waals surface area contributed by atoms with Crippen molar-refractivity contribution in [1.82, 2.24) is 4.90 Å². The van der Waals surface area contributed by atoms with Crippen LogP contribution < -0.4 is 0 Å². The third-order valence-corrected chi connectivity index (χ3v) is 2.68. The van der Waals surface area contributed by atoms with Crippen molar-refractivity contribution in [3.8, 4) is 0 Å². The van der Waals surface area contributed by atoms with Gasteiger partial charge >= 0.3 is 0 Å². The van der Waals surface area contributed by atoms with E-state index in [1.165, 1.54) is 12.8 Å². The summed E-state index contributed by atoms with van der Waals surface area (Å²) in [6, 6.07) is 1.44. The van der Waals surface area contributed by atoms with Crippen molar-refractivity contribution in [3.05, 3.63) is 0 Å². The summed E-state index contributed by atoms with van der Waals surface area (Å²) in [6.45, 7) is 6.59. The van der Waals surface area contributed by atoms with E-state index < -0.39 is 0 Å². The molecule has 0 radical (unpaired) electrons. The highest BCUT2D eigenvalue weighted by atomic mass is 16.5. The molecule has 1 saturated heterocycles. The van der Waals surface area contributed by atoms with Crippen molar-refractivity contribution >= 4 is 0 Å². The molecule has 0 saturated carbocycles. The number of ether oxygens (including phenoxy) is 1. The molecule has 1 heterocycles. The number of rotatable bonds is 3. The molecule has 0 aromatic carbocycles. The first-order valence-electron chi connectivity index (χ1n) is 4.54. The van der Waals surface area contributed by atoms with Gasteiger partial charge in [-0.15, -0.1) is 0 Å². The zero-order chi connectivity index (χ0) is 8.27. The van der Waals surface area contributed by atoms with E-state index in [-0.39, 0.29) is 0 Å². The van der Waals surface area contributed by atoms with Gasteiger partial charge in [0, 0.05) is 19.2 Å². The van der Waals surface area contributed by atoms with Crippen LogP contribution in [0.3, 0.4) is 0 Å². The van der Waals surface area contributed by atoms with Crippen molar-refractivity contribution in [2.45, 2.75) is 38.8 Å². The van der Waals surface area contributed by atoms with Crippen LogP contribution in [0.15, 0.2) is 0 Å². The molecule has 0 aliphatic carbocycles. The Labute approximate surface area is 69.5 Å². The van der Waals surface area contributed by atoms with Crippen molar-refractivity contribution in [3.63, 3.8) is 0 Å². The fraction of sp³-hybridized carbons (Fsp3) is 1.00. The lowest BCUT2D eigenvalue weighted by Crippen LogP contribution is -2.36. The van der Waals surface area contributed by atoms with Gasteiger partial charge in [0.05, 0.1) is 6.61 Å². The van der Waals surface area contributed by atoms with E-state index in [2.05, 4.69) is 18.7 Å². The van der Waals surface area contributed by atoms with Crippen LogP contribution in [0.25, 0.3) is 0 Å². The lowest BCUT2D eigenvalue weighted by Gasteiger charge is -2.25. The quantitative estimate of drug-likeness (QED) is 0.615. The third kappa shape index (κ3) is 1.94. The second kappa shape index (κ2) is 4.07. The molecule has 0 aromatic heterocycles. The predicted octanol–water partition coefficient (Wildman–Crippen LogP) is 1.51. The van der Waals surface area contributed by atoms with Crippen LogP contribution in [-0.2, 0) is 4.74 Å². The first-order valence-corrected chi connectivity index (χ1v) is 4.54. The number of likely N-dealkylation sites (N-methyl/N-ethyl adjacent to an activating group) is 1. The zero-order valence-electron chi connectivity index (χ0n) is 7.84. The van der Waals surface area contributed by atoms with Gasteiger partial charge in [-0.25, -0.2) is 0 Å². The molecule has 11 heavy (non-hydrogen) atoms. The van der Waals surface area contributed by atoms with Crippen LogP contribution in [0.5, 0.6) is 0 Å². The summed E-state index contributed by atoms with van der Waals surface area (Å²) in [5.74, 6) is 0. The van der Waals surface area contributed by atoms with Crippen molar-refractivity contribution in [2.75, 3.05) is 20.3 Å². The molecule has 1 fully saturated rings. The molecular formula is C9H19NO. The summed E-state index contributed by atoms with van der Waals surface area (Å²) in [5.41, 5.74) is 0. The first-order chi connectivity index (χ1) is 5.29. The van der Waals surface area contributed by atoms with Gasteiger partial charge in [-0.05, 0) is 26.3 Å². The summed E-state index contributed by atoms with van der Waals surface area (Å²) < 4.78 is 5.16. The average molecular weight is 157 g/mol. The van der Waals surface area contributed by atoms with E-state index in [0.717, 1.165) is 19.2 Å². The van der Waals surface area contributed by atoms with Crippen LogP contribution in [0.1, 0.15) is 26.7 Å². The van der Waals surface area contributed by atoms with E-state index >= 15 is 0 Å². The number of nitrogens with zero attached hydrogens (tertiary/aromatic N) is 1. The fourth-order valence-corrected chi connectivity index (χ4v) is 2.07. The monoisotopic (exact) mass is 157 g/mol. The Bertz CT molecular complexity index is 114. The summed E-state index contributed by atoms with van der Waals surface area (Å²) in [6.07, 6.45) is 2.64. The number of hydrogen-bond donors (Lipinski definition) is 0. The van der Waals surface area contributed by atoms with Crippen LogP contribution in [-0.4, -0.2) is 37.2 Å². The SMILES string of the molecule is CCN1C(C)CCC1COC. The molecule has 0 spiro atoms. The Hall–Kier alpha value is -0.0800. The molecule has 66 valence electrons. The molecule has 2 heteroatoms. The van der Waals surface area contributed by atoms with Gasteiger partial charge in [0.1, 0.15) is 0 Å². The van der Waals surface area contributed by atoms with Crippen LogP contribution in [0, 0.1) is 0 Å². The van der Waals surface area contributed by atoms with Gasteiger partial charge in [0.25, 0.3) is 0 Å². The molecule has 1 rings (SSSR count). The van der Waals surface area contributed by atoms with Gasteiger partial charge < -0.3 is 4.74 Å². The predicted molar refractivity (Wildman–Crippen MR) is 46.7 cm³/mol. The molecule has 0 amide bonds. The molecule has 2 nitrogen and oxygen atoms in total. The summed E-state index contributed by atoms with van der Waals surface area (Å²) in [7, 11) is 1.79. The van der Waals surface area contributed by atoms with Gasteiger partial charge in [0.2, 0.25) is 0 Å². The molecule has 2 atom stereocenters. The fourth-order valence-electron chi connectivity index (χ4n) is 2.07. The van der Waals surface area contributed by atoms with Crippen molar-refractivity contribution < 1.29 is 4.74 Å². The van der Waals surface area contributed by atoms with E-state index in [9.17, 15) is 0 Å². The summed E-state index contributed by atoms with van der Waals surface area (Å²) in [4.78, 5) is 2.53. The lowest BCUT2D eigenvalue weighted by molar-refractivity contribution is 0.104. The van der Waals surface area contributed by atoms with E-state index in [4.69, 9.17) is 4.74 Å². The zero-order valence-corrected chi connectivity index (χ0v) is 7.84. The van der Waals surface area contributed by atoms with Gasteiger partial charge in [-0.2, -0.15) is 0 Å². The maximum absolute atomic E-state index is 5.16. The molecule has 1 aliphatic heterocycles. The smallest absolute Gasteiger partial charge is 0.0618 e. The minimum Gasteiger partial charge on any atom is -0.383 e. The van der Waals surface area contributed by atoms with E-state index in [0.29, 0.717) is 6.04 Å². The van der Waals surface area contributed by atoms with Gasteiger partial charge in [-0.1, -0.05) is 6.92 Å². The topological polar surface area (TPSA) is 12.5 Å². The second-order valence-electron chi connectivity index (χ2n) is 3.37. The Morgan fingerprint density at radius 1 is 1.45 bits per heavy atom. The Balaban J connectivity index is 2.40. The molecule has 0 N–H and O–H groups in total. The standard InChI is InChI=1S/C9H19NO/c1-4-10-8(2)5-6-9(10)7-11-3/h8-9H,4-7H2,1-3H3. The molecule has 1 aliphatic rings. The highest BCUT2D eigenvalue weighted by Gasteiger charge is 2.28. The van der Waals surface area contributed by atoms with Crippen molar-refractivity contribution in [1.29, 1.82) is 0 Å². The highest BCUT2D eigenvalue weighted by Crippen LogP contribution is 2.22. The second-order valence-corrected chi connectivity index (χ2v) is 3.37. The Morgan fingerprint density at radius 3 is 2.73 bits per heavy atom. The minimum atomic E-state index is 0.681. The number of likely N-dealkylation sites (tertiary alicyclic amines) is 1. The molecule has 2 unspecified atom stereocenters. The molecule has 0 aromatic rings. The highest BCUT2D eigenvalue weighted by molar-refractivity contribution is 4.83. The van der Waals surface area contributed by atoms with E-state index in [1.54, 1.807) is 7.11 Å². The number of hydrogen-bond acceptors (Lipinski definition) is 2. The van der Waals surface area contributed by atoms with Gasteiger partial charge in [-0.3, -0.25) is 4.90 Å². The minimum absolute atomic E-state index is 0.681. The summed E-state index contributed by atoms with van der Waals surface area (Å²) >= 11 is 0. The molecular weight excluding hydrogens is 138 g/mol. The lowest BCUT2D eigenvalue weighted by atomic mass is 10.2. The first kappa shape index (κ1) is 9.01. The molecule has 0 bridgehead atoms. The largest absolute Gasteiger partial charge is 0.383 e. The normalized spacial score (nSPS) is 33.0. The van der Waals surface area contributed by atoms with Crippen LogP contribution in [0.4, 0.5) is 0 Å². The maximum Gasteiger partial charge on any atom is 0.0618 e. The number of methoxy groups -OCH3 is 1. The Kier molecular flexibility index (Phi) is 3.34. The van der Waals surface area contributed by atoms with Crippen molar-refractivity contribution in [2.24, 2.45) is 0 Å². The van der Waals surface area contributed by atoms with Gasteiger partial charge in [0.15, 0.2) is 0 Å². The summed E-state index contributed by atoms with van der Waals surface area (Å²) in [5, 5.41) is 0. The third-order valence-electron chi connectivity index (χ3n) is 2.68. The van der Waals surface area contributed by atoms with Crippen LogP contribution in [0.2, 0.25) is 0 Å². The maximum atomic E-state index is 5.16.